The molecule has 0 spiro atoms. The first-order valence-electron chi connectivity index (χ1n) is 8.34. The number of benzene rings is 1. The fourth-order valence-corrected chi connectivity index (χ4v) is 2.36. The van der Waals surface area contributed by atoms with Gasteiger partial charge in [0.1, 0.15) is 5.82 Å². The molecular weight excluding hydrogens is 332 g/mol. The highest BCUT2D eigenvalue weighted by Crippen LogP contribution is 2.20. The van der Waals surface area contributed by atoms with Crippen LogP contribution in [0.15, 0.2) is 42.6 Å². The van der Waals surface area contributed by atoms with Gasteiger partial charge in [0.05, 0.1) is 18.4 Å². The number of amides is 1. The molecule has 2 rings (SSSR count). The van der Waals surface area contributed by atoms with E-state index in [1.807, 2.05) is 14.1 Å². The van der Waals surface area contributed by atoms with Gasteiger partial charge in [0.2, 0.25) is 0 Å². The summed E-state index contributed by atoms with van der Waals surface area (Å²) in [5.41, 5.74) is 1.47. The number of hydrogen-bond acceptors (Lipinski definition) is 6. The second-order valence-electron chi connectivity index (χ2n) is 6.00. The minimum Gasteiger partial charge on any atom is -0.465 e. The van der Waals surface area contributed by atoms with Crippen molar-refractivity contribution >= 4 is 23.4 Å². The molecule has 0 aliphatic carbocycles. The first kappa shape index (κ1) is 19.4. The standard InChI is InChI=1S/C19H24N4O3/c1-23(2)12-6-10-21-18(24)14-9-11-20-17(13-14)22-16-8-5-4-7-15(16)19(25)26-3/h4-5,7-9,11,13H,6,10,12H2,1-3H3,(H,20,22)(H,21,24). The van der Waals surface area contributed by atoms with E-state index in [0.717, 1.165) is 13.0 Å². The number of aromatic nitrogens is 1. The molecule has 0 aliphatic rings. The number of hydrogen-bond donors (Lipinski definition) is 2. The van der Waals surface area contributed by atoms with Crippen molar-refractivity contribution in [3.63, 3.8) is 0 Å². The van der Waals surface area contributed by atoms with E-state index in [9.17, 15) is 9.59 Å². The van der Waals surface area contributed by atoms with E-state index >= 15 is 0 Å². The summed E-state index contributed by atoms with van der Waals surface area (Å²) in [6, 6.07) is 10.3. The molecule has 0 saturated carbocycles. The van der Waals surface area contributed by atoms with Crippen LogP contribution >= 0.6 is 0 Å². The summed E-state index contributed by atoms with van der Waals surface area (Å²) < 4.78 is 4.78. The highest BCUT2D eigenvalue weighted by atomic mass is 16.5. The average Bonchev–Trinajstić information content (AvgIpc) is 2.65. The second-order valence-corrected chi connectivity index (χ2v) is 6.00. The molecule has 0 unspecified atom stereocenters. The Balaban J connectivity index is 2.06. The lowest BCUT2D eigenvalue weighted by Crippen LogP contribution is -2.27. The van der Waals surface area contributed by atoms with Crippen molar-refractivity contribution < 1.29 is 14.3 Å². The van der Waals surface area contributed by atoms with Gasteiger partial charge in [-0.15, -0.1) is 0 Å². The van der Waals surface area contributed by atoms with Crippen LogP contribution < -0.4 is 10.6 Å². The highest BCUT2D eigenvalue weighted by molar-refractivity contribution is 5.97. The summed E-state index contributed by atoms with van der Waals surface area (Å²) in [4.78, 5) is 30.4. The number of esters is 1. The van der Waals surface area contributed by atoms with Crippen LogP contribution in [0.4, 0.5) is 11.5 Å². The molecule has 138 valence electrons. The number of pyridine rings is 1. The van der Waals surface area contributed by atoms with Gasteiger partial charge in [-0.25, -0.2) is 9.78 Å². The van der Waals surface area contributed by atoms with Crippen molar-refractivity contribution in [2.24, 2.45) is 0 Å². The van der Waals surface area contributed by atoms with Crippen molar-refractivity contribution in [3.05, 3.63) is 53.7 Å². The number of nitrogens with one attached hydrogen (secondary N) is 2. The van der Waals surface area contributed by atoms with Crippen molar-refractivity contribution in [2.75, 3.05) is 39.6 Å². The molecule has 0 aliphatic heterocycles. The minimum atomic E-state index is -0.442. The third-order valence-corrected chi connectivity index (χ3v) is 3.68. The first-order chi connectivity index (χ1) is 12.5. The topological polar surface area (TPSA) is 83.6 Å². The van der Waals surface area contributed by atoms with Crippen molar-refractivity contribution in [1.29, 1.82) is 0 Å². The molecule has 1 aromatic carbocycles. The monoisotopic (exact) mass is 356 g/mol. The largest absolute Gasteiger partial charge is 0.465 e. The van der Waals surface area contributed by atoms with Gasteiger partial charge in [-0.3, -0.25) is 4.79 Å². The number of para-hydroxylation sites is 1. The fraction of sp³-hybridized carbons (Fsp3) is 0.316. The molecule has 1 aromatic heterocycles. The average molecular weight is 356 g/mol. The number of methoxy groups -OCH3 is 1. The van der Waals surface area contributed by atoms with Gasteiger partial charge >= 0.3 is 5.97 Å². The maximum absolute atomic E-state index is 12.3. The summed E-state index contributed by atoms with van der Waals surface area (Å²) in [6.45, 7) is 1.51. The van der Waals surface area contributed by atoms with Crippen LogP contribution in [0.1, 0.15) is 27.1 Å². The van der Waals surface area contributed by atoms with Gasteiger partial charge in [-0.2, -0.15) is 0 Å². The summed E-state index contributed by atoms with van der Waals surface area (Å²) in [7, 11) is 5.32. The minimum absolute atomic E-state index is 0.157. The normalized spacial score (nSPS) is 10.5. The number of nitrogens with zero attached hydrogens (tertiary/aromatic N) is 2. The van der Waals surface area contributed by atoms with E-state index in [1.54, 1.807) is 42.6 Å². The van der Waals surface area contributed by atoms with E-state index < -0.39 is 5.97 Å². The lowest BCUT2D eigenvalue weighted by Gasteiger charge is -2.12. The van der Waals surface area contributed by atoms with Crippen LogP contribution in [0, 0.1) is 0 Å². The van der Waals surface area contributed by atoms with Gasteiger partial charge in [0.25, 0.3) is 5.91 Å². The maximum Gasteiger partial charge on any atom is 0.339 e. The molecule has 0 bridgehead atoms. The molecule has 1 amide bonds. The van der Waals surface area contributed by atoms with Crippen LogP contribution in [-0.2, 0) is 4.74 Å². The Morgan fingerprint density at radius 3 is 2.69 bits per heavy atom. The van der Waals surface area contributed by atoms with Crippen LogP contribution in [0.5, 0.6) is 0 Å². The van der Waals surface area contributed by atoms with Crippen molar-refractivity contribution in [1.82, 2.24) is 15.2 Å². The third kappa shape index (κ3) is 5.56. The fourth-order valence-electron chi connectivity index (χ4n) is 2.36. The van der Waals surface area contributed by atoms with Crippen LogP contribution in [-0.4, -0.2) is 56.1 Å². The zero-order valence-electron chi connectivity index (χ0n) is 15.3. The first-order valence-corrected chi connectivity index (χ1v) is 8.34. The maximum atomic E-state index is 12.3. The Hall–Kier alpha value is -2.93. The lowest BCUT2D eigenvalue weighted by atomic mass is 10.1. The predicted molar refractivity (Wildman–Crippen MR) is 101 cm³/mol. The molecule has 26 heavy (non-hydrogen) atoms. The zero-order valence-corrected chi connectivity index (χ0v) is 15.3. The van der Waals surface area contributed by atoms with Crippen molar-refractivity contribution in [2.45, 2.75) is 6.42 Å². The second kappa shape index (κ2) is 9.53. The number of carbonyl (C=O) groups is 2. The van der Waals surface area contributed by atoms with E-state index in [1.165, 1.54) is 7.11 Å². The number of rotatable bonds is 8. The number of carbonyl (C=O) groups excluding carboxylic acids is 2. The SMILES string of the molecule is COC(=O)c1ccccc1Nc1cc(C(=O)NCCCN(C)C)ccn1. The van der Waals surface area contributed by atoms with E-state index in [2.05, 4.69) is 20.5 Å². The molecule has 0 radical (unpaired) electrons. The molecule has 2 N–H and O–H groups in total. The molecule has 7 nitrogen and oxygen atoms in total. The molecule has 2 aromatic rings. The Kier molecular flexibility index (Phi) is 7.11. The van der Waals surface area contributed by atoms with Gasteiger partial charge in [0.15, 0.2) is 0 Å². The molecule has 1 heterocycles. The van der Waals surface area contributed by atoms with Crippen molar-refractivity contribution in [3.8, 4) is 0 Å². The van der Waals surface area contributed by atoms with Crippen LogP contribution in [0.3, 0.4) is 0 Å². The molecule has 0 atom stereocenters. The molecule has 0 saturated heterocycles. The smallest absolute Gasteiger partial charge is 0.339 e. The molecule has 0 fully saturated rings. The van der Waals surface area contributed by atoms with Crippen LogP contribution in [0.2, 0.25) is 0 Å². The number of anilines is 2. The Labute approximate surface area is 153 Å². The summed E-state index contributed by atoms with van der Waals surface area (Å²) in [5, 5.41) is 5.96. The Bertz CT molecular complexity index is 762. The van der Waals surface area contributed by atoms with Gasteiger partial charge in [0, 0.05) is 18.3 Å². The Morgan fingerprint density at radius 2 is 1.96 bits per heavy atom. The predicted octanol–water partition coefficient (Wildman–Crippen LogP) is 2.29. The molecule has 7 heteroatoms. The number of ether oxygens (including phenoxy) is 1. The lowest BCUT2D eigenvalue weighted by molar-refractivity contribution is 0.0601. The van der Waals surface area contributed by atoms with Gasteiger partial charge in [-0.05, 0) is 51.3 Å². The summed E-state index contributed by atoms with van der Waals surface area (Å²) >= 11 is 0. The van der Waals surface area contributed by atoms with E-state index in [0.29, 0.717) is 29.2 Å². The van der Waals surface area contributed by atoms with E-state index in [-0.39, 0.29) is 5.91 Å². The summed E-state index contributed by atoms with van der Waals surface area (Å²) in [5.74, 6) is -0.124. The van der Waals surface area contributed by atoms with Crippen LogP contribution in [0.25, 0.3) is 0 Å². The molecular formula is C19H24N4O3. The van der Waals surface area contributed by atoms with E-state index in [4.69, 9.17) is 4.74 Å². The Morgan fingerprint density at radius 1 is 1.19 bits per heavy atom. The van der Waals surface area contributed by atoms with Gasteiger partial charge in [-0.1, -0.05) is 12.1 Å². The zero-order chi connectivity index (χ0) is 18.9. The third-order valence-electron chi connectivity index (χ3n) is 3.68. The highest BCUT2D eigenvalue weighted by Gasteiger charge is 2.12. The quantitative estimate of drug-likeness (QED) is 0.558. The summed E-state index contributed by atoms with van der Waals surface area (Å²) in [6.07, 6.45) is 2.43. The van der Waals surface area contributed by atoms with Gasteiger partial charge < -0.3 is 20.3 Å².